The standard InChI is InChI=1S/C22H17N3O6S2/c1-33(29,30)18-9-10-19-20(13-18)32-22(23-19)24(14-17-3-2-12-31-17)21(26)11-6-15-4-7-16(8-5-15)25(27)28/h2-13H,14H2,1H3/b11-6-. The molecule has 0 aliphatic rings. The Kier molecular flexibility index (Phi) is 6.07. The zero-order chi connectivity index (χ0) is 23.6. The lowest BCUT2D eigenvalue weighted by molar-refractivity contribution is -0.384. The van der Waals surface area contributed by atoms with Crippen LogP contribution in [0.25, 0.3) is 16.3 Å². The van der Waals surface area contributed by atoms with Gasteiger partial charge in [0.1, 0.15) is 5.76 Å². The van der Waals surface area contributed by atoms with Crippen LogP contribution < -0.4 is 4.90 Å². The predicted molar refractivity (Wildman–Crippen MR) is 125 cm³/mol. The minimum Gasteiger partial charge on any atom is -0.467 e. The highest BCUT2D eigenvalue weighted by atomic mass is 32.2. The van der Waals surface area contributed by atoms with E-state index in [2.05, 4.69) is 4.98 Å². The third-order valence-electron chi connectivity index (χ3n) is 4.69. The molecule has 11 heteroatoms. The van der Waals surface area contributed by atoms with Crippen LogP contribution in [0, 0.1) is 10.1 Å². The Balaban J connectivity index is 1.66. The number of thiazole rings is 1. The zero-order valence-electron chi connectivity index (χ0n) is 17.2. The van der Waals surface area contributed by atoms with E-state index in [0.717, 1.165) is 6.26 Å². The van der Waals surface area contributed by atoms with E-state index in [1.807, 2.05) is 0 Å². The fraction of sp³-hybridized carbons (Fsp3) is 0.0909. The molecule has 2 aromatic heterocycles. The van der Waals surface area contributed by atoms with Crippen LogP contribution in [-0.4, -0.2) is 30.5 Å². The minimum atomic E-state index is -3.38. The second-order valence-electron chi connectivity index (χ2n) is 7.08. The maximum atomic E-state index is 13.1. The number of nitro benzene ring substituents is 1. The van der Waals surface area contributed by atoms with Crippen LogP contribution in [0.5, 0.6) is 0 Å². The Morgan fingerprint density at radius 2 is 1.97 bits per heavy atom. The first kappa shape index (κ1) is 22.4. The van der Waals surface area contributed by atoms with Gasteiger partial charge in [-0.3, -0.25) is 19.8 Å². The van der Waals surface area contributed by atoms with Crippen molar-refractivity contribution < 1.29 is 22.6 Å². The summed E-state index contributed by atoms with van der Waals surface area (Å²) in [6, 6.07) is 13.9. The van der Waals surface area contributed by atoms with E-state index >= 15 is 0 Å². The van der Waals surface area contributed by atoms with Crippen LogP contribution in [0.3, 0.4) is 0 Å². The quantitative estimate of drug-likeness (QED) is 0.216. The van der Waals surface area contributed by atoms with Crippen LogP contribution in [0.15, 0.2) is 76.2 Å². The number of benzene rings is 2. The smallest absolute Gasteiger partial charge is 0.269 e. The number of sulfone groups is 1. The van der Waals surface area contributed by atoms with E-state index in [-0.39, 0.29) is 23.0 Å². The number of fused-ring (bicyclic) bond motifs is 1. The highest BCUT2D eigenvalue weighted by Gasteiger charge is 2.20. The molecule has 1 amide bonds. The summed E-state index contributed by atoms with van der Waals surface area (Å²) in [5.74, 6) is 0.162. The molecular weight excluding hydrogens is 466 g/mol. The molecule has 0 aliphatic carbocycles. The summed E-state index contributed by atoms with van der Waals surface area (Å²) < 4.78 is 29.8. The van der Waals surface area contributed by atoms with Crippen molar-refractivity contribution in [3.8, 4) is 0 Å². The average molecular weight is 484 g/mol. The molecule has 0 fully saturated rings. The number of anilines is 1. The van der Waals surface area contributed by atoms with Gasteiger partial charge in [0.25, 0.3) is 11.6 Å². The summed E-state index contributed by atoms with van der Waals surface area (Å²) in [6.07, 6.45) is 5.53. The normalized spacial score (nSPS) is 11.8. The Bertz CT molecular complexity index is 1460. The molecule has 0 saturated carbocycles. The SMILES string of the molecule is CS(=O)(=O)c1ccc2nc(N(Cc3ccco3)C(=O)/C=C\c3ccc([N+](=O)[O-])cc3)sc2c1. The molecule has 0 aliphatic heterocycles. The van der Waals surface area contributed by atoms with Crippen molar-refractivity contribution in [2.75, 3.05) is 11.2 Å². The van der Waals surface area contributed by atoms with Gasteiger partial charge in [-0.05, 0) is 54.1 Å². The van der Waals surface area contributed by atoms with E-state index < -0.39 is 14.8 Å². The summed E-state index contributed by atoms with van der Waals surface area (Å²) in [5, 5.41) is 11.2. The lowest BCUT2D eigenvalue weighted by atomic mass is 10.2. The molecule has 0 radical (unpaired) electrons. The summed E-state index contributed by atoms with van der Waals surface area (Å²) in [4.78, 5) is 29.5. The third-order valence-corrected chi connectivity index (χ3v) is 6.84. The number of carbonyl (C=O) groups excluding carboxylic acids is 1. The van der Waals surface area contributed by atoms with Crippen LogP contribution in [-0.2, 0) is 21.2 Å². The largest absolute Gasteiger partial charge is 0.467 e. The van der Waals surface area contributed by atoms with Crippen LogP contribution in [0.2, 0.25) is 0 Å². The maximum absolute atomic E-state index is 13.1. The number of hydrogen-bond acceptors (Lipinski definition) is 8. The molecule has 0 atom stereocenters. The number of nitrogens with zero attached hydrogens (tertiary/aromatic N) is 3. The number of furan rings is 1. The highest BCUT2D eigenvalue weighted by Crippen LogP contribution is 2.32. The van der Waals surface area contributed by atoms with Crippen molar-refractivity contribution >= 4 is 54.2 Å². The molecule has 4 aromatic rings. The highest BCUT2D eigenvalue weighted by molar-refractivity contribution is 7.90. The van der Waals surface area contributed by atoms with E-state index in [1.54, 1.807) is 36.4 Å². The van der Waals surface area contributed by atoms with Gasteiger partial charge in [-0.1, -0.05) is 11.3 Å². The number of non-ortho nitro benzene ring substituents is 1. The average Bonchev–Trinajstić information content (AvgIpc) is 3.44. The Hall–Kier alpha value is -3.83. The molecule has 9 nitrogen and oxygen atoms in total. The molecule has 33 heavy (non-hydrogen) atoms. The van der Waals surface area contributed by atoms with Crippen molar-refractivity contribution in [1.29, 1.82) is 0 Å². The number of rotatable bonds is 7. The fourth-order valence-electron chi connectivity index (χ4n) is 3.00. The topological polar surface area (TPSA) is 124 Å². The van der Waals surface area contributed by atoms with Gasteiger partial charge in [-0.15, -0.1) is 0 Å². The third kappa shape index (κ3) is 5.16. The molecule has 168 valence electrons. The summed E-state index contributed by atoms with van der Waals surface area (Å²) in [7, 11) is -3.38. The molecule has 0 spiro atoms. The van der Waals surface area contributed by atoms with Crippen molar-refractivity contribution in [3.63, 3.8) is 0 Å². The summed E-state index contributed by atoms with van der Waals surface area (Å²) >= 11 is 1.19. The number of hydrogen-bond donors (Lipinski definition) is 0. The fourth-order valence-corrected chi connectivity index (χ4v) is 4.73. The lowest BCUT2D eigenvalue weighted by Crippen LogP contribution is -2.28. The number of aromatic nitrogens is 1. The minimum absolute atomic E-state index is 0.0409. The predicted octanol–water partition coefficient (Wildman–Crippen LogP) is 4.45. The summed E-state index contributed by atoms with van der Waals surface area (Å²) in [6.45, 7) is 0.120. The van der Waals surface area contributed by atoms with Crippen molar-refractivity contribution in [1.82, 2.24) is 4.98 Å². The van der Waals surface area contributed by atoms with Gasteiger partial charge in [0.2, 0.25) is 0 Å². The van der Waals surface area contributed by atoms with E-state index in [0.29, 0.717) is 26.7 Å². The van der Waals surface area contributed by atoms with Gasteiger partial charge in [0, 0.05) is 24.5 Å². The van der Waals surface area contributed by atoms with Crippen LogP contribution in [0.1, 0.15) is 11.3 Å². The molecule has 4 rings (SSSR count). The second kappa shape index (κ2) is 8.96. The number of nitro groups is 1. The molecule has 2 aromatic carbocycles. The Labute approximate surface area is 192 Å². The van der Waals surface area contributed by atoms with Gasteiger partial charge >= 0.3 is 0 Å². The van der Waals surface area contributed by atoms with Crippen LogP contribution >= 0.6 is 11.3 Å². The van der Waals surface area contributed by atoms with Gasteiger partial charge < -0.3 is 4.42 Å². The first-order chi connectivity index (χ1) is 15.7. The molecule has 0 unspecified atom stereocenters. The Morgan fingerprint density at radius 1 is 1.21 bits per heavy atom. The second-order valence-corrected chi connectivity index (χ2v) is 10.1. The van der Waals surface area contributed by atoms with Crippen molar-refractivity contribution in [2.45, 2.75) is 11.4 Å². The molecule has 0 saturated heterocycles. The first-order valence-corrected chi connectivity index (χ1v) is 12.3. The van der Waals surface area contributed by atoms with Crippen molar-refractivity contribution in [2.24, 2.45) is 0 Å². The van der Waals surface area contributed by atoms with Gasteiger partial charge in [-0.2, -0.15) is 0 Å². The van der Waals surface area contributed by atoms with E-state index in [4.69, 9.17) is 4.42 Å². The van der Waals surface area contributed by atoms with E-state index in [1.165, 1.54) is 52.8 Å². The first-order valence-electron chi connectivity index (χ1n) is 9.58. The molecule has 0 N–H and O–H groups in total. The monoisotopic (exact) mass is 483 g/mol. The molecular formula is C22H17N3O6S2. The van der Waals surface area contributed by atoms with Gasteiger partial charge in [-0.25, -0.2) is 13.4 Å². The molecule has 2 heterocycles. The number of amides is 1. The van der Waals surface area contributed by atoms with Gasteiger partial charge in [0.05, 0.1) is 32.8 Å². The van der Waals surface area contributed by atoms with Gasteiger partial charge in [0.15, 0.2) is 15.0 Å². The zero-order valence-corrected chi connectivity index (χ0v) is 18.9. The lowest BCUT2D eigenvalue weighted by Gasteiger charge is -2.16. The van der Waals surface area contributed by atoms with Crippen molar-refractivity contribution in [3.05, 3.63) is 88.4 Å². The van der Waals surface area contributed by atoms with Crippen LogP contribution in [0.4, 0.5) is 10.8 Å². The number of carbonyl (C=O) groups is 1. The maximum Gasteiger partial charge on any atom is 0.269 e. The molecule has 0 bridgehead atoms. The van der Waals surface area contributed by atoms with E-state index in [9.17, 15) is 23.3 Å². The summed E-state index contributed by atoms with van der Waals surface area (Å²) in [5.41, 5.74) is 1.15. The Morgan fingerprint density at radius 3 is 2.61 bits per heavy atom.